The number of carbonyl (C=O) groups is 1. The molecule has 1 unspecified atom stereocenters. The van der Waals surface area contributed by atoms with Crippen molar-refractivity contribution >= 4 is 5.97 Å². The van der Waals surface area contributed by atoms with E-state index in [1.165, 1.54) is 68.1 Å². The zero-order valence-corrected chi connectivity index (χ0v) is 27.0. The number of hydrogen-bond donors (Lipinski definition) is 2. The SMILES string of the molecule is C=C(CO)C(=O)OCC(CO)COc1ccc(C2CCC(C3CCC(c4ccc(OCCCC)cc4)CC3)CC2)c(CC)c1. The molecule has 6 nitrogen and oxygen atoms in total. The van der Waals surface area contributed by atoms with Crippen LogP contribution in [0.4, 0.5) is 0 Å². The van der Waals surface area contributed by atoms with Crippen LogP contribution in [0.2, 0.25) is 0 Å². The third-order valence-electron chi connectivity index (χ3n) is 9.94. The number of aliphatic hydroxyl groups excluding tert-OH is 2. The van der Waals surface area contributed by atoms with E-state index >= 15 is 0 Å². The molecule has 0 aliphatic heterocycles. The Balaban J connectivity index is 1.22. The lowest BCUT2D eigenvalue weighted by atomic mass is 9.67. The first-order valence-electron chi connectivity index (χ1n) is 17.0. The maximum atomic E-state index is 11.8. The molecule has 1 atom stereocenters. The molecule has 0 bridgehead atoms. The van der Waals surface area contributed by atoms with Crippen molar-refractivity contribution in [2.75, 3.05) is 33.0 Å². The lowest BCUT2D eigenvalue weighted by Crippen LogP contribution is -2.25. The molecule has 2 aromatic rings. The maximum Gasteiger partial charge on any atom is 0.335 e. The molecule has 0 aromatic heterocycles. The molecule has 0 radical (unpaired) electrons. The Kier molecular flexibility index (Phi) is 13.6. The monoisotopic (exact) mass is 606 g/mol. The van der Waals surface area contributed by atoms with Gasteiger partial charge in [0, 0.05) is 0 Å². The Morgan fingerprint density at radius 3 is 2.07 bits per heavy atom. The summed E-state index contributed by atoms with van der Waals surface area (Å²) in [7, 11) is 0. The number of aryl methyl sites for hydroxylation is 1. The first-order chi connectivity index (χ1) is 21.4. The minimum absolute atomic E-state index is 0.00200. The van der Waals surface area contributed by atoms with Crippen LogP contribution in [0.5, 0.6) is 11.5 Å². The van der Waals surface area contributed by atoms with Crippen LogP contribution in [0.1, 0.15) is 107 Å². The van der Waals surface area contributed by atoms with Crippen molar-refractivity contribution in [3.63, 3.8) is 0 Å². The van der Waals surface area contributed by atoms with Crippen LogP contribution >= 0.6 is 0 Å². The van der Waals surface area contributed by atoms with Crippen LogP contribution in [0.3, 0.4) is 0 Å². The maximum absolute atomic E-state index is 11.8. The van der Waals surface area contributed by atoms with E-state index < -0.39 is 12.6 Å². The third kappa shape index (κ3) is 9.58. The molecule has 2 saturated carbocycles. The summed E-state index contributed by atoms with van der Waals surface area (Å²) in [5, 5.41) is 18.7. The number of ether oxygens (including phenoxy) is 3. The predicted molar refractivity (Wildman–Crippen MR) is 175 cm³/mol. The number of esters is 1. The summed E-state index contributed by atoms with van der Waals surface area (Å²) >= 11 is 0. The second kappa shape index (κ2) is 17.6. The summed E-state index contributed by atoms with van der Waals surface area (Å²) in [6.07, 6.45) is 13.7. The van der Waals surface area contributed by atoms with Crippen LogP contribution in [0.15, 0.2) is 54.6 Å². The van der Waals surface area contributed by atoms with E-state index in [1.807, 2.05) is 6.07 Å². The number of rotatable bonds is 16. The molecule has 44 heavy (non-hydrogen) atoms. The van der Waals surface area contributed by atoms with Gasteiger partial charge in [0.2, 0.25) is 0 Å². The van der Waals surface area contributed by atoms with Crippen molar-refractivity contribution < 1.29 is 29.2 Å². The molecular formula is C38H54O6. The van der Waals surface area contributed by atoms with Gasteiger partial charge in [0.05, 0.1) is 44.5 Å². The Morgan fingerprint density at radius 1 is 0.841 bits per heavy atom. The third-order valence-corrected chi connectivity index (χ3v) is 9.94. The summed E-state index contributed by atoms with van der Waals surface area (Å²) in [5.74, 6) is 3.79. The summed E-state index contributed by atoms with van der Waals surface area (Å²) in [4.78, 5) is 11.8. The van der Waals surface area contributed by atoms with Crippen molar-refractivity contribution in [1.29, 1.82) is 0 Å². The van der Waals surface area contributed by atoms with Gasteiger partial charge >= 0.3 is 5.97 Å². The molecule has 242 valence electrons. The Hall–Kier alpha value is -2.83. The highest BCUT2D eigenvalue weighted by Gasteiger charge is 2.32. The number of hydrogen-bond acceptors (Lipinski definition) is 6. The van der Waals surface area contributed by atoms with E-state index in [9.17, 15) is 9.90 Å². The fraction of sp³-hybridized carbons (Fsp3) is 0.605. The molecule has 0 heterocycles. The predicted octanol–water partition coefficient (Wildman–Crippen LogP) is 7.75. The van der Waals surface area contributed by atoms with Gasteiger partial charge in [-0.2, -0.15) is 0 Å². The molecule has 2 fully saturated rings. The summed E-state index contributed by atoms with van der Waals surface area (Å²) < 4.78 is 17.0. The molecule has 2 N–H and O–H groups in total. The molecule has 6 heteroatoms. The largest absolute Gasteiger partial charge is 0.494 e. The van der Waals surface area contributed by atoms with Crippen LogP contribution in [0.25, 0.3) is 0 Å². The van der Waals surface area contributed by atoms with Crippen molar-refractivity contribution in [2.24, 2.45) is 17.8 Å². The van der Waals surface area contributed by atoms with Gasteiger partial charge in [-0.3, -0.25) is 0 Å². The van der Waals surface area contributed by atoms with Gasteiger partial charge in [-0.1, -0.05) is 45.0 Å². The summed E-state index contributed by atoms with van der Waals surface area (Å²) in [5.41, 5.74) is 4.27. The Labute approximate surface area is 264 Å². The first kappa shape index (κ1) is 34.1. The van der Waals surface area contributed by atoms with Crippen LogP contribution in [-0.2, 0) is 16.0 Å². The molecule has 2 aliphatic carbocycles. The average molecular weight is 607 g/mol. The lowest BCUT2D eigenvalue weighted by Gasteiger charge is -2.38. The minimum atomic E-state index is -0.652. The smallest absolute Gasteiger partial charge is 0.335 e. The average Bonchev–Trinajstić information content (AvgIpc) is 3.08. The highest BCUT2D eigenvalue weighted by molar-refractivity contribution is 5.87. The summed E-state index contributed by atoms with van der Waals surface area (Å²) in [6.45, 7) is 8.31. The van der Waals surface area contributed by atoms with E-state index in [0.29, 0.717) is 11.8 Å². The lowest BCUT2D eigenvalue weighted by molar-refractivity contribution is -0.141. The molecule has 0 saturated heterocycles. The van der Waals surface area contributed by atoms with E-state index in [4.69, 9.17) is 19.3 Å². The topological polar surface area (TPSA) is 85.2 Å². The number of aliphatic hydroxyl groups is 2. The van der Waals surface area contributed by atoms with Crippen LogP contribution in [-0.4, -0.2) is 49.2 Å². The van der Waals surface area contributed by atoms with Crippen molar-refractivity contribution in [3.8, 4) is 11.5 Å². The van der Waals surface area contributed by atoms with Crippen molar-refractivity contribution in [3.05, 3.63) is 71.3 Å². The van der Waals surface area contributed by atoms with E-state index in [2.05, 4.69) is 56.8 Å². The van der Waals surface area contributed by atoms with Gasteiger partial charge in [-0.25, -0.2) is 4.79 Å². The van der Waals surface area contributed by atoms with Crippen molar-refractivity contribution in [2.45, 2.75) is 96.3 Å². The second-order valence-corrected chi connectivity index (χ2v) is 12.9. The highest BCUT2D eigenvalue weighted by Crippen LogP contribution is 2.46. The molecule has 2 aromatic carbocycles. The van der Waals surface area contributed by atoms with Gasteiger partial charge < -0.3 is 24.4 Å². The normalized spacial score (nSPS) is 22.6. The zero-order valence-electron chi connectivity index (χ0n) is 27.0. The standard InChI is InChI=1S/C38H54O6/c1-4-6-21-42-35-17-15-33(16-18-35)31-9-7-30(8-10-31)32-11-13-34(14-12-32)37-20-19-36(22-29(37)5-2)43-25-28(24-40)26-44-38(41)27(3)23-39/h15-20,22,28,30-32,34,39-40H,3-14,21,23-26H2,1-2H3. The van der Waals surface area contributed by atoms with Gasteiger partial charge in [0.25, 0.3) is 0 Å². The van der Waals surface area contributed by atoms with Gasteiger partial charge in [-0.15, -0.1) is 0 Å². The van der Waals surface area contributed by atoms with Gasteiger partial charge in [-0.05, 0) is 129 Å². The Morgan fingerprint density at radius 2 is 1.48 bits per heavy atom. The highest BCUT2D eigenvalue weighted by atomic mass is 16.5. The summed E-state index contributed by atoms with van der Waals surface area (Å²) in [6, 6.07) is 15.3. The molecule has 2 aliphatic rings. The number of benzene rings is 2. The second-order valence-electron chi connectivity index (χ2n) is 12.9. The van der Waals surface area contributed by atoms with Crippen LogP contribution < -0.4 is 9.47 Å². The van der Waals surface area contributed by atoms with Gasteiger partial charge in [0.1, 0.15) is 11.5 Å². The quantitative estimate of drug-likeness (QED) is 0.115. The van der Waals surface area contributed by atoms with Crippen molar-refractivity contribution in [1.82, 2.24) is 0 Å². The minimum Gasteiger partial charge on any atom is -0.494 e. The van der Waals surface area contributed by atoms with E-state index in [-0.39, 0.29) is 31.3 Å². The van der Waals surface area contributed by atoms with Crippen LogP contribution in [0, 0.1) is 17.8 Å². The first-order valence-corrected chi connectivity index (χ1v) is 17.0. The molecule has 0 amide bonds. The molecule has 0 spiro atoms. The van der Waals surface area contributed by atoms with Gasteiger partial charge in [0.15, 0.2) is 0 Å². The number of unbranched alkanes of at least 4 members (excludes halogenated alkanes) is 1. The fourth-order valence-corrected chi connectivity index (χ4v) is 7.10. The zero-order chi connectivity index (χ0) is 31.3. The Bertz CT molecular complexity index is 1160. The van der Waals surface area contributed by atoms with E-state index in [1.54, 1.807) is 0 Å². The fourth-order valence-electron chi connectivity index (χ4n) is 7.10. The number of carbonyl (C=O) groups excluding carboxylic acids is 1. The molecular weight excluding hydrogens is 552 g/mol. The van der Waals surface area contributed by atoms with E-state index in [0.717, 1.165) is 49.2 Å². The molecule has 4 rings (SSSR count).